The topological polar surface area (TPSA) is 6.48 Å². The zero-order chi connectivity index (χ0) is 43.8. The highest BCUT2D eigenvalue weighted by atomic mass is 15.1. The van der Waals surface area contributed by atoms with Gasteiger partial charge in [0.25, 0.3) is 0 Å². The van der Waals surface area contributed by atoms with Crippen LogP contribution in [0.2, 0.25) is 0 Å². The Labute approximate surface area is 386 Å². The van der Waals surface area contributed by atoms with Crippen LogP contribution in [-0.2, 0) is 10.8 Å². The molecule has 0 amide bonds. The third kappa shape index (κ3) is 7.49. The molecular weight excluding hydrogens is 785 g/mol. The molecule has 1 fully saturated rings. The van der Waals surface area contributed by atoms with E-state index >= 15 is 0 Å². The summed E-state index contributed by atoms with van der Waals surface area (Å²) in [7, 11) is 0. The summed E-state index contributed by atoms with van der Waals surface area (Å²) in [4.78, 5) is 4.85. The Hall–Kier alpha value is -6.90. The summed E-state index contributed by atoms with van der Waals surface area (Å²) in [6, 6.07) is 75.0. The first-order valence-corrected chi connectivity index (χ1v) is 24.0. The van der Waals surface area contributed by atoms with Crippen LogP contribution in [0.15, 0.2) is 212 Å². The molecule has 0 bridgehead atoms. The minimum absolute atomic E-state index is 0.123. The number of anilines is 6. The average molecular weight is 843 g/mol. The SMILES string of the molecule is CC1(C)c2cc(N(c3ccc(C4CCCCC4)cc3)c3ccc(C4(c5ccc(N(c6ccccc6)c6ccccc6)cc5)CC=CCC4)cc3)ccc2-c2c(-c3ccccc3)cccc21. The Morgan fingerprint density at radius 1 is 0.431 bits per heavy atom. The molecular formula is C63H58N2. The molecule has 320 valence electrons. The maximum Gasteiger partial charge on any atom is 0.0465 e. The summed E-state index contributed by atoms with van der Waals surface area (Å²) in [5, 5.41) is 0. The number of nitrogens with zero attached hydrogens (tertiary/aromatic N) is 2. The van der Waals surface area contributed by atoms with Crippen LogP contribution in [0.3, 0.4) is 0 Å². The Bertz CT molecular complexity index is 2890. The summed E-state index contributed by atoms with van der Waals surface area (Å²) in [5.74, 6) is 0.665. The minimum atomic E-state index is -0.151. The highest BCUT2D eigenvalue weighted by molar-refractivity contribution is 5.94. The summed E-state index contributed by atoms with van der Waals surface area (Å²) >= 11 is 0. The quantitative estimate of drug-likeness (QED) is 0.127. The molecule has 0 radical (unpaired) electrons. The highest BCUT2D eigenvalue weighted by Crippen LogP contribution is 2.54. The van der Waals surface area contributed by atoms with Gasteiger partial charge in [-0.05, 0) is 161 Å². The maximum atomic E-state index is 2.50. The normalized spacial score (nSPS) is 17.6. The van der Waals surface area contributed by atoms with E-state index in [4.69, 9.17) is 0 Å². The summed E-state index contributed by atoms with van der Waals surface area (Å²) in [6.45, 7) is 4.81. The van der Waals surface area contributed by atoms with Crippen molar-refractivity contribution in [3.05, 3.63) is 240 Å². The van der Waals surface area contributed by atoms with Gasteiger partial charge in [-0.3, -0.25) is 0 Å². The number of para-hydroxylation sites is 2. The van der Waals surface area contributed by atoms with E-state index in [0.717, 1.165) is 36.3 Å². The van der Waals surface area contributed by atoms with Crippen molar-refractivity contribution in [2.75, 3.05) is 9.80 Å². The zero-order valence-electron chi connectivity index (χ0n) is 37.8. The Morgan fingerprint density at radius 3 is 1.52 bits per heavy atom. The Balaban J connectivity index is 0.979. The van der Waals surface area contributed by atoms with Gasteiger partial charge in [-0.1, -0.05) is 173 Å². The first kappa shape index (κ1) is 40.8. The molecule has 1 unspecified atom stereocenters. The molecule has 0 heterocycles. The Kier molecular flexibility index (Phi) is 10.8. The highest BCUT2D eigenvalue weighted by Gasteiger charge is 2.38. The van der Waals surface area contributed by atoms with Gasteiger partial charge in [0.05, 0.1) is 0 Å². The van der Waals surface area contributed by atoms with Crippen molar-refractivity contribution in [3.63, 3.8) is 0 Å². The van der Waals surface area contributed by atoms with Crippen LogP contribution in [0.4, 0.5) is 34.1 Å². The molecule has 0 spiro atoms. The maximum absolute atomic E-state index is 2.50. The number of hydrogen-bond donors (Lipinski definition) is 0. The van der Waals surface area contributed by atoms with Crippen LogP contribution in [0.1, 0.15) is 98.9 Å². The molecule has 65 heavy (non-hydrogen) atoms. The molecule has 0 aromatic heterocycles. The second-order valence-electron chi connectivity index (χ2n) is 19.1. The molecule has 0 saturated heterocycles. The van der Waals surface area contributed by atoms with Crippen molar-refractivity contribution < 1.29 is 0 Å². The van der Waals surface area contributed by atoms with E-state index in [2.05, 4.69) is 236 Å². The van der Waals surface area contributed by atoms with Gasteiger partial charge in [-0.15, -0.1) is 0 Å². The van der Waals surface area contributed by atoms with Crippen molar-refractivity contribution in [3.8, 4) is 22.3 Å². The minimum Gasteiger partial charge on any atom is -0.311 e. The first-order chi connectivity index (χ1) is 32.0. The summed E-state index contributed by atoms with van der Waals surface area (Å²) in [6.07, 6.45) is 14.5. The molecule has 11 rings (SSSR count). The average Bonchev–Trinajstić information content (AvgIpc) is 3.61. The van der Waals surface area contributed by atoms with Crippen LogP contribution in [0, 0.1) is 0 Å². The van der Waals surface area contributed by atoms with Gasteiger partial charge in [-0.2, -0.15) is 0 Å². The fraction of sp³-hybridized carbons (Fsp3) is 0.206. The van der Waals surface area contributed by atoms with Crippen molar-refractivity contribution >= 4 is 34.1 Å². The van der Waals surface area contributed by atoms with Crippen molar-refractivity contribution in [2.45, 2.75) is 82.0 Å². The lowest BCUT2D eigenvalue weighted by molar-refractivity contribution is 0.443. The smallest absolute Gasteiger partial charge is 0.0465 e. The van der Waals surface area contributed by atoms with Gasteiger partial charge in [0.15, 0.2) is 0 Å². The predicted octanol–water partition coefficient (Wildman–Crippen LogP) is 17.7. The third-order valence-electron chi connectivity index (χ3n) is 15.0. The lowest BCUT2D eigenvalue weighted by atomic mass is 9.67. The molecule has 0 N–H and O–H groups in total. The van der Waals surface area contributed by atoms with E-state index in [9.17, 15) is 0 Å². The second-order valence-corrected chi connectivity index (χ2v) is 19.1. The number of benzene rings is 8. The van der Waals surface area contributed by atoms with Gasteiger partial charge in [0, 0.05) is 45.0 Å². The molecule has 2 heteroatoms. The van der Waals surface area contributed by atoms with Crippen molar-refractivity contribution in [1.29, 1.82) is 0 Å². The molecule has 1 saturated carbocycles. The van der Waals surface area contributed by atoms with Gasteiger partial charge in [0.1, 0.15) is 0 Å². The van der Waals surface area contributed by atoms with Gasteiger partial charge in [-0.25, -0.2) is 0 Å². The van der Waals surface area contributed by atoms with Crippen LogP contribution in [-0.4, -0.2) is 0 Å². The second kappa shape index (κ2) is 17.2. The van der Waals surface area contributed by atoms with Gasteiger partial charge >= 0.3 is 0 Å². The van der Waals surface area contributed by atoms with Crippen LogP contribution in [0.5, 0.6) is 0 Å². The molecule has 3 aliphatic carbocycles. The van der Waals surface area contributed by atoms with Crippen LogP contribution in [0.25, 0.3) is 22.3 Å². The summed E-state index contributed by atoms with van der Waals surface area (Å²) < 4.78 is 0. The number of rotatable bonds is 10. The third-order valence-corrected chi connectivity index (χ3v) is 15.0. The van der Waals surface area contributed by atoms with Crippen LogP contribution >= 0.6 is 0 Å². The summed E-state index contributed by atoms with van der Waals surface area (Å²) in [5.41, 5.74) is 19.0. The van der Waals surface area contributed by atoms with Crippen molar-refractivity contribution in [2.24, 2.45) is 0 Å². The van der Waals surface area contributed by atoms with E-state index in [1.807, 2.05) is 0 Å². The fourth-order valence-corrected chi connectivity index (χ4v) is 11.5. The number of allylic oxidation sites excluding steroid dienone is 2. The number of fused-ring (bicyclic) bond motifs is 3. The molecule has 8 aromatic rings. The monoisotopic (exact) mass is 842 g/mol. The van der Waals surface area contributed by atoms with Gasteiger partial charge in [0.2, 0.25) is 0 Å². The standard InChI is InChI=1S/C63H58N2/c1-62(2)59-28-18-27-57(48-21-10-4-11-22-48)61(59)58-42-41-56(45-60(58)62)65(53-35-29-47(30-36-53)46-19-8-3-9-20-46)55-39-33-50(34-40-55)63(43-16-7-17-44-63)49-31-37-54(38-32-49)64(51-23-12-5-13-24-51)52-25-14-6-15-26-52/h4-7,10-16,18,21-42,45-46H,3,8-9,17,19-20,43-44H2,1-2H3. The largest absolute Gasteiger partial charge is 0.311 e. The van der Waals surface area contributed by atoms with E-state index < -0.39 is 0 Å². The molecule has 8 aromatic carbocycles. The van der Waals surface area contributed by atoms with Gasteiger partial charge < -0.3 is 9.80 Å². The van der Waals surface area contributed by atoms with E-state index in [-0.39, 0.29) is 10.8 Å². The van der Waals surface area contributed by atoms with Crippen molar-refractivity contribution in [1.82, 2.24) is 0 Å². The van der Waals surface area contributed by atoms with E-state index in [1.165, 1.54) is 99.2 Å². The molecule has 1 atom stereocenters. The fourth-order valence-electron chi connectivity index (χ4n) is 11.5. The predicted molar refractivity (Wildman–Crippen MR) is 275 cm³/mol. The molecule has 2 nitrogen and oxygen atoms in total. The van der Waals surface area contributed by atoms with E-state index in [0.29, 0.717) is 5.92 Å². The first-order valence-electron chi connectivity index (χ1n) is 24.0. The lowest BCUT2D eigenvalue weighted by Crippen LogP contribution is -2.29. The van der Waals surface area contributed by atoms with E-state index in [1.54, 1.807) is 0 Å². The zero-order valence-corrected chi connectivity index (χ0v) is 37.8. The Morgan fingerprint density at radius 2 is 0.954 bits per heavy atom. The number of hydrogen-bond acceptors (Lipinski definition) is 2. The molecule has 3 aliphatic rings. The molecule has 0 aliphatic heterocycles. The lowest BCUT2D eigenvalue weighted by Gasteiger charge is -2.37. The van der Waals surface area contributed by atoms with Crippen LogP contribution < -0.4 is 9.80 Å².